The van der Waals surface area contributed by atoms with Gasteiger partial charge in [-0.3, -0.25) is 9.59 Å². The van der Waals surface area contributed by atoms with Crippen LogP contribution in [0.25, 0.3) is 0 Å². The molecule has 2 heterocycles. The fourth-order valence-corrected chi connectivity index (χ4v) is 3.10. The number of benzene rings is 1. The molecular formula is C20H25N5O3. The summed E-state index contributed by atoms with van der Waals surface area (Å²) < 4.78 is 4.56. The SMILES string of the molecule is COC(=O)CNC(=O)C1CCCN(c2nccc(Nc3ccc(C)cc3)n2)C1. The minimum absolute atomic E-state index is 0.113. The van der Waals surface area contributed by atoms with E-state index < -0.39 is 5.97 Å². The molecule has 1 saturated heterocycles. The van der Waals surface area contributed by atoms with E-state index in [0.29, 0.717) is 18.3 Å². The van der Waals surface area contributed by atoms with Crippen molar-refractivity contribution in [1.29, 1.82) is 0 Å². The molecule has 8 nitrogen and oxygen atoms in total. The minimum atomic E-state index is -0.459. The van der Waals surface area contributed by atoms with Gasteiger partial charge >= 0.3 is 5.97 Å². The molecule has 0 aliphatic carbocycles. The van der Waals surface area contributed by atoms with Crippen molar-refractivity contribution in [2.24, 2.45) is 5.92 Å². The lowest BCUT2D eigenvalue weighted by Gasteiger charge is -2.32. The number of carbonyl (C=O) groups excluding carboxylic acids is 2. The molecule has 1 amide bonds. The normalized spacial score (nSPS) is 16.4. The van der Waals surface area contributed by atoms with E-state index in [9.17, 15) is 9.59 Å². The molecule has 148 valence electrons. The molecule has 8 heteroatoms. The number of amides is 1. The highest BCUT2D eigenvalue weighted by molar-refractivity contribution is 5.84. The van der Waals surface area contributed by atoms with E-state index in [1.165, 1.54) is 12.7 Å². The smallest absolute Gasteiger partial charge is 0.325 e. The Bertz CT molecular complexity index is 825. The summed E-state index contributed by atoms with van der Waals surface area (Å²) in [6.45, 7) is 3.23. The molecule has 1 atom stereocenters. The molecule has 1 aromatic heterocycles. The molecule has 1 aliphatic rings. The fourth-order valence-electron chi connectivity index (χ4n) is 3.10. The number of hydrogen-bond donors (Lipinski definition) is 2. The van der Waals surface area contributed by atoms with E-state index in [4.69, 9.17) is 0 Å². The Hall–Kier alpha value is -3.16. The Labute approximate surface area is 164 Å². The van der Waals surface area contributed by atoms with E-state index in [1.807, 2.05) is 42.2 Å². The molecule has 28 heavy (non-hydrogen) atoms. The summed E-state index contributed by atoms with van der Waals surface area (Å²) in [4.78, 5) is 34.5. The third kappa shape index (κ3) is 5.18. The predicted molar refractivity (Wildman–Crippen MR) is 106 cm³/mol. The number of aromatic nitrogens is 2. The first-order chi connectivity index (χ1) is 13.5. The highest BCUT2D eigenvalue weighted by Gasteiger charge is 2.27. The maximum atomic E-state index is 12.3. The molecular weight excluding hydrogens is 358 g/mol. The molecule has 0 spiro atoms. The lowest BCUT2D eigenvalue weighted by Crippen LogP contribution is -2.44. The van der Waals surface area contributed by atoms with Crippen LogP contribution in [0, 0.1) is 12.8 Å². The van der Waals surface area contributed by atoms with E-state index in [2.05, 4.69) is 25.3 Å². The van der Waals surface area contributed by atoms with Crippen LogP contribution in [0.5, 0.6) is 0 Å². The number of esters is 1. The number of nitrogens with one attached hydrogen (secondary N) is 2. The van der Waals surface area contributed by atoms with E-state index in [0.717, 1.165) is 25.1 Å². The van der Waals surface area contributed by atoms with Gasteiger partial charge in [-0.1, -0.05) is 17.7 Å². The summed E-state index contributed by atoms with van der Waals surface area (Å²) in [5.74, 6) is 0.465. The monoisotopic (exact) mass is 383 g/mol. The molecule has 0 bridgehead atoms. The number of methoxy groups -OCH3 is 1. The van der Waals surface area contributed by atoms with Crippen LogP contribution in [0.15, 0.2) is 36.5 Å². The molecule has 3 rings (SSSR count). The van der Waals surface area contributed by atoms with Crippen LogP contribution in [-0.2, 0) is 14.3 Å². The maximum Gasteiger partial charge on any atom is 0.325 e. The number of nitrogens with zero attached hydrogens (tertiary/aromatic N) is 3. The Morgan fingerprint density at radius 1 is 1.25 bits per heavy atom. The Balaban J connectivity index is 1.63. The lowest BCUT2D eigenvalue weighted by atomic mass is 9.97. The second kappa shape index (κ2) is 9.16. The predicted octanol–water partition coefficient (Wildman–Crippen LogP) is 2.03. The summed E-state index contributed by atoms with van der Waals surface area (Å²) in [6.07, 6.45) is 3.33. The summed E-state index contributed by atoms with van der Waals surface area (Å²) in [7, 11) is 1.30. The van der Waals surface area contributed by atoms with Crippen LogP contribution in [0.4, 0.5) is 17.5 Å². The van der Waals surface area contributed by atoms with Crippen molar-refractivity contribution in [3.05, 3.63) is 42.1 Å². The van der Waals surface area contributed by atoms with Crippen LogP contribution in [0.3, 0.4) is 0 Å². The topological polar surface area (TPSA) is 96.5 Å². The Morgan fingerprint density at radius 3 is 2.79 bits per heavy atom. The van der Waals surface area contributed by atoms with Gasteiger partial charge in [0.15, 0.2) is 0 Å². The number of rotatable bonds is 6. The van der Waals surface area contributed by atoms with Gasteiger partial charge < -0.3 is 20.3 Å². The average molecular weight is 383 g/mol. The van der Waals surface area contributed by atoms with Gasteiger partial charge in [-0.25, -0.2) is 4.98 Å². The van der Waals surface area contributed by atoms with Crippen molar-refractivity contribution in [2.75, 3.05) is 37.0 Å². The van der Waals surface area contributed by atoms with Crippen molar-refractivity contribution in [3.63, 3.8) is 0 Å². The van der Waals surface area contributed by atoms with E-state index >= 15 is 0 Å². The summed E-state index contributed by atoms with van der Waals surface area (Å²) in [6, 6.07) is 9.88. The number of anilines is 3. The van der Waals surface area contributed by atoms with Gasteiger partial charge in [-0.2, -0.15) is 4.98 Å². The van der Waals surface area contributed by atoms with Crippen molar-refractivity contribution < 1.29 is 14.3 Å². The summed E-state index contributed by atoms with van der Waals surface area (Å²) >= 11 is 0. The van der Waals surface area contributed by atoms with E-state index in [-0.39, 0.29) is 18.4 Å². The number of carbonyl (C=O) groups is 2. The van der Waals surface area contributed by atoms with Gasteiger partial charge in [0.25, 0.3) is 0 Å². The van der Waals surface area contributed by atoms with Gasteiger partial charge in [-0.15, -0.1) is 0 Å². The average Bonchev–Trinajstić information content (AvgIpc) is 2.73. The van der Waals surface area contributed by atoms with Crippen LogP contribution in [0.2, 0.25) is 0 Å². The van der Waals surface area contributed by atoms with Gasteiger partial charge in [-0.05, 0) is 38.0 Å². The second-order valence-electron chi connectivity index (χ2n) is 6.81. The highest BCUT2D eigenvalue weighted by atomic mass is 16.5. The quantitative estimate of drug-likeness (QED) is 0.737. The zero-order valence-electron chi connectivity index (χ0n) is 16.1. The molecule has 1 aromatic carbocycles. The van der Waals surface area contributed by atoms with Crippen LogP contribution >= 0.6 is 0 Å². The Morgan fingerprint density at radius 2 is 2.04 bits per heavy atom. The standard InChI is InChI=1S/C20H25N5O3/c1-14-5-7-16(8-6-14)23-17-9-10-21-20(24-17)25-11-3-4-15(13-25)19(27)22-12-18(26)28-2/h5-10,15H,3-4,11-13H2,1-2H3,(H,22,27)(H,21,23,24). The first-order valence-electron chi connectivity index (χ1n) is 9.31. The number of piperidine rings is 1. The molecule has 2 N–H and O–H groups in total. The third-order valence-electron chi connectivity index (χ3n) is 4.68. The third-order valence-corrected chi connectivity index (χ3v) is 4.68. The van der Waals surface area contributed by atoms with Crippen LogP contribution in [-0.4, -0.2) is 48.6 Å². The van der Waals surface area contributed by atoms with Gasteiger partial charge in [0.05, 0.1) is 13.0 Å². The maximum absolute atomic E-state index is 12.3. The first-order valence-corrected chi connectivity index (χ1v) is 9.31. The van der Waals surface area contributed by atoms with Crippen molar-refractivity contribution >= 4 is 29.3 Å². The van der Waals surface area contributed by atoms with E-state index in [1.54, 1.807) is 6.20 Å². The molecule has 1 unspecified atom stereocenters. The molecule has 1 fully saturated rings. The summed E-state index contributed by atoms with van der Waals surface area (Å²) in [5, 5.41) is 5.91. The minimum Gasteiger partial charge on any atom is -0.468 e. The number of ether oxygens (including phenoxy) is 1. The Kier molecular flexibility index (Phi) is 6.41. The molecule has 0 saturated carbocycles. The van der Waals surface area contributed by atoms with Gasteiger partial charge in [0.1, 0.15) is 12.4 Å². The molecule has 2 aromatic rings. The number of aryl methyl sites for hydroxylation is 1. The van der Waals surface area contributed by atoms with Gasteiger partial charge in [0.2, 0.25) is 11.9 Å². The largest absolute Gasteiger partial charge is 0.468 e. The van der Waals surface area contributed by atoms with Crippen molar-refractivity contribution in [2.45, 2.75) is 19.8 Å². The molecule has 0 radical (unpaired) electrons. The van der Waals surface area contributed by atoms with Crippen molar-refractivity contribution in [1.82, 2.24) is 15.3 Å². The van der Waals surface area contributed by atoms with Crippen molar-refractivity contribution in [3.8, 4) is 0 Å². The zero-order chi connectivity index (χ0) is 19.9. The lowest BCUT2D eigenvalue weighted by molar-refractivity contribution is -0.141. The second-order valence-corrected chi connectivity index (χ2v) is 6.81. The van der Waals surface area contributed by atoms with Crippen LogP contribution in [0.1, 0.15) is 18.4 Å². The molecule has 1 aliphatic heterocycles. The van der Waals surface area contributed by atoms with Crippen LogP contribution < -0.4 is 15.5 Å². The first kappa shape index (κ1) is 19.6. The zero-order valence-corrected chi connectivity index (χ0v) is 16.1. The fraction of sp³-hybridized carbons (Fsp3) is 0.400. The highest BCUT2D eigenvalue weighted by Crippen LogP contribution is 2.22. The number of hydrogen-bond acceptors (Lipinski definition) is 7. The summed E-state index contributed by atoms with van der Waals surface area (Å²) in [5.41, 5.74) is 2.15. The van der Waals surface area contributed by atoms with Gasteiger partial charge in [0, 0.05) is 25.0 Å².